The molecule has 1 fully saturated rings. The number of benzene rings is 3. The maximum absolute atomic E-state index is 13.4. The van der Waals surface area contributed by atoms with E-state index in [9.17, 15) is 14.9 Å². The molecule has 0 atom stereocenters. The van der Waals surface area contributed by atoms with Crippen molar-refractivity contribution in [1.82, 2.24) is 0 Å². The average molecular weight is 498 g/mol. The number of hydrogen-bond acceptors (Lipinski definition) is 7. The Hall–Kier alpha value is -4.63. The first-order valence-corrected chi connectivity index (χ1v) is 11.7. The van der Waals surface area contributed by atoms with Gasteiger partial charge in [-0.15, -0.1) is 0 Å². The third kappa shape index (κ3) is 4.64. The fourth-order valence-corrected chi connectivity index (χ4v) is 4.65. The summed E-state index contributed by atoms with van der Waals surface area (Å²) in [6, 6.07) is 26.5. The summed E-state index contributed by atoms with van der Waals surface area (Å²) < 4.78 is 11.3. The van der Waals surface area contributed by atoms with E-state index in [1.165, 1.54) is 31.0 Å². The van der Waals surface area contributed by atoms with Gasteiger partial charge in [-0.05, 0) is 54.2 Å². The minimum Gasteiger partial charge on any atom is -0.496 e. The fraction of sp³-hybridized carbons (Fsp3) is 0.0370. The predicted molar refractivity (Wildman–Crippen MR) is 140 cm³/mol. The molecule has 0 radical (unpaired) electrons. The van der Waals surface area contributed by atoms with Crippen LogP contribution in [0.3, 0.4) is 0 Å². The molecule has 3 aromatic carbocycles. The molecule has 1 aromatic heterocycles. The van der Waals surface area contributed by atoms with Crippen molar-refractivity contribution in [2.24, 2.45) is 4.99 Å². The van der Waals surface area contributed by atoms with Crippen LogP contribution in [0.2, 0.25) is 0 Å². The molecular weight excluding hydrogens is 478 g/mol. The van der Waals surface area contributed by atoms with Crippen LogP contribution in [-0.4, -0.2) is 23.1 Å². The van der Waals surface area contributed by atoms with E-state index in [0.717, 1.165) is 5.69 Å². The van der Waals surface area contributed by atoms with Crippen LogP contribution in [0.1, 0.15) is 5.76 Å². The van der Waals surface area contributed by atoms with Crippen LogP contribution in [0, 0.1) is 10.1 Å². The Kier molecular flexibility index (Phi) is 6.38. The van der Waals surface area contributed by atoms with Gasteiger partial charge in [0.15, 0.2) is 5.17 Å². The summed E-state index contributed by atoms with van der Waals surface area (Å²) in [5.74, 6) is 1.01. The number of nitrogens with zero attached hydrogens (tertiary/aromatic N) is 3. The third-order valence-corrected chi connectivity index (χ3v) is 6.33. The Bertz CT molecular complexity index is 1500. The molecule has 1 aliphatic heterocycles. The fourth-order valence-electron chi connectivity index (χ4n) is 3.67. The van der Waals surface area contributed by atoms with Gasteiger partial charge in [-0.1, -0.05) is 36.4 Å². The Morgan fingerprint density at radius 1 is 1.00 bits per heavy atom. The average Bonchev–Trinajstić information content (AvgIpc) is 3.49. The Morgan fingerprint density at radius 3 is 2.42 bits per heavy atom. The SMILES string of the molecule is COc1cc([N+](=O)[O-])ccc1-c1ccc(C=C2SC(=Nc3ccccc3)N(c3ccccc3)C2=O)o1. The molecule has 1 aliphatic rings. The molecule has 8 nitrogen and oxygen atoms in total. The summed E-state index contributed by atoms with van der Waals surface area (Å²) in [6.45, 7) is 0. The highest BCUT2D eigenvalue weighted by atomic mass is 32.2. The number of ether oxygens (including phenoxy) is 1. The lowest BCUT2D eigenvalue weighted by molar-refractivity contribution is -0.384. The Balaban J connectivity index is 1.49. The summed E-state index contributed by atoms with van der Waals surface area (Å²) in [5.41, 5.74) is 1.93. The van der Waals surface area contributed by atoms with Crippen molar-refractivity contribution in [3.63, 3.8) is 0 Å². The van der Waals surface area contributed by atoms with Crippen LogP contribution in [0.15, 0.2) is 105 Å². The van der Waals surface area contributed by atoms with Crippen molar-refractivity contribution in [2.75, 3.05) is 12.0 Å². The number of thioether (sulfide) groups is 1. The van der Waals surface area contributed by atoms with E-state index in [1.807, 2.05) is 60.7 Å². The Labute approximate surface area is 210 Å². The zero-order valence-corrected chi connectivity index (χ0v) is 19.8. The van der Waals surface area contributed by atoms with Crippen molar-refractivity contribution in [1.29, 1.82) is 0 Å². The van der Waals surface area contributed by atoms with Gasteiger partial charge < -0.3 is 9.15 Å². The lowest BCUT2D eigenvalue weighted by atomic mass is 10.1. The monoisotopic (exact) mass is 497 g/mol. The summed E-state index contributed by atoms with van der Waals surface area (Å²) in [7, 11) is 1.44. The summed E-state index contributed by atoms with van der Waals surface area (Å²) in [6.07, 6.45) is 1.66. The first-order chi connectivity index (χ1) is 17.5. The van der Waals surface area contributed by atoms with Crippen molar-refractivity contribution in [3.05, 3.63) is 112 Å². The number of anilines is 1. The van der Waals surface area contributed by atoms with Gasteiger partial charge in [0, 0.05) is 12.1 Å². The topological polar surface area (TPSA) is 98.2 Å². The molecule has 1 saturated heterocycles. The number of methoxy groups -OCH3 is 1. The van der Waals surface area contributed by atoms with Crippen LogP contribution in [0.25, 0.3) is 17.4 Å². The zero-order chi connectivity index (χ0) is 25.1. The number of para-hydroxylation sites is 2. The van der Waals surface area contributed by atoms with Crippen molar-refractivity contribution in [3.8, 4) is 17.1 Å². The smallest absolute Gasteiger partial charge is 0.273 e. The molecule has 0 spiro atoms. The Morgan fingerprint density at radius 2 is 1.72 bits per heavy atom. The number of amidine groups is 1. The molecule has 0 saturated carbocycles. The van der Waals surface area contributed by atoms with E-state index >= 15 is 0 Å². The second-order valence-corrected chi connectivity index (χ2v) is 8.67. The van der Waals surface area contributed by atoms with E-state index in [1.54, 1.807) is 29.2 Å². The number of nitro benzene ring substituents is 1. The van der Waals surface area contributed by atoms with E-state index in [4.69, 9.17) is 14.1 Å². The van der Waals surface area contributed by atoms with Gasteiger partial charge >= 0.3 is 0 Å². The largest absolute Gasteiger partial charge is 0.496 e. The number of carbonyl (C=O) groups excluding carboxylic acids is 1. The highest BCUT2D eigenvalue weighted by molar-refractivity contribution is 8.19. The van der Waals surface area contributed by atoms with Gasteiger partial charge in [0.25, 0.3) is 11.6 Å². The number of hydrogen-bond donors (Lipinski definition) is 0. The van der Waals surface area contributed by atoms with Crippen molar-refractivity contribution < 1.29 is 18.9 Å². The van der Waals surface area contributed by atoms with Crippen LogP contribution < -0.4 is 9.64 Å². The van der Waals surface area contributed by atoms with Crippen LogP contribution >= 0.6 is 11.8 Å². The lowest BCUT2D eigenvalue weighted by Crippen LogP contribution is -2.28. The van der Waals surface area contributed by atoms with Gasteiger partial charge in [0.05, 0.1) is 39.9 Å². The number of amides is 1. The molecule has 0 bridgehead atoms. The van der Waals surface area contributed by atoms with Gasteiger partial charge in [-0.2, -0.15) is 0 Å². The summed E-state index contributed by atoms with van der Waals surface area (Å²) in [5, 5.41) is 11.6. The molecule has 36 heavy (non-hydrogen) atoms. The summed E-state index contributed by atoms with van der Waals surface area (Å²) >= 11 is 1.26. The highest BCUT2D eigenvalue weighted by Gasteiger charge is 2.35. The quantitative estimate of drug-likeness (QED) is 0.168. The second kappa shape index (κ2) is 9.93. The molecule has 2 heterocycles. The van der Waals surface area contributed by atoms with Crippen molar-refractivity contribution in [2.45, 2.75) is 0 Å². The van der Waals surface area contributed by atoms with Gasteiger partial charge in [-0.25, -0.2) is 4.99 Å². The van der Waals surface area contributed by atoms with E-state index in [2.05, 4.69) is 0 Å². The van der Waals surface area contributed by atoms with Crippen LogP contribution in [0.4, 0.5) is 17.1 Å². The maximum Gasteiger partial charge on any atom is 0.273 e. The van der Waals surface area contributed by atoms with E-state index < -0.39 is 4.92 Å². The van der Waals surface area contributed by atoms with Crippen LogP contribution in [0.5, 0.6) is 5.75 Å². The molecule has 178 valence electrons. The van der Waals surface area contributed by atoms with Crippen molar-refractivity contribution >= 4 is 46.0 Å². The first kappa shape index (κ1) is 23.1. The minimum atomic E-state index is -0.486. The zero-order valence-electron chi connectivity index (χ0n) is 19.0. The molecule has 0 aliphatic carbocycles. The number of aliphatic imine (C=N–C) groups is 1. The van der Waals surface area contributed by atoms with E-state index in [-0.39, 0.29) is 11.6 Å². The number of furan rings is 1. The normalized spacial score (nSPS) is 15.6. The number of carbonyl (C=O) groups is 1. The molecule has 0 N–H and O–H groups in total. The lowest BCUT2D eigenvalue weighted by Gasteiger charge is -2.15. The second-order valence-electron chi connectivity index (χ2n) is 7.66. The van der Waals surface area contributed by atoms with Gasteiger partial charge in [0.2, 0.25) is 0 Å². The van der Waals surface area contributed by atoms with Crippen LogP contribution in [-0.2, 0) is 4.79 Å². The molecule has 0 unspecified atom stereocenters. The highest BCUT2D eigenvalue weighted by Crippen LogP contribution is 2.39. The number of nitro groups is 1. The maximum atomic E-state index is 13.4. The van der Waals surface area contributed by atoms with Gasteiger partial charge in [-0.3, -0.25) is 19.8 Å². The number of rotatable bonds is 6. The predicted octanol–water partition coefficient (Wildman–Crippen LogP) is 6.67. The van der Waals surface area contributed by atoms with Gasteiger partial charge in [0.1, 0.15) is 17.3 Å². The molecule has 5 rings (SSSR count). The number of non-ortho nitro benzene ring substituents is 1. The molecule has 4 aromatic rings. The standard InChI is InChI=1S/C27H19N3O5S/c1-34-24-16-20(30(32)33)12-14-22(24)23-15-13-21(35-23)17-25-26(31)29(19-10-6-3-7-11-19)27(36-25)28-18-8-4-2-5-9-18/h2-17H,1H3. The summed E-state index contributed by atoms with van der Waals surface area (Å²) in [4.78, 5) is 30.7. The third-order valence-electron chi connectivity index (χ3n) is 5.36. The molecular formula is C27H19N3O5S. The first-order valence-electron chi connectivity index (χ1n) is 10.9. The van der Waals surface area contributed by atoms with E-state index in [0.29, 0.717) is 38.6 Å². The molecule has 9 heteroatoms. The minimum absolute atomic E-state index is 0.0799. The molecule has 1 amide bonds.